The zero-order valence-corrected chi connectivity index (χ0v) is 28.2. The number of rotatable bonds is 8. The van der Waals surface area contributed by atoms with E-state index in [1.54, 1.807) is 50.2 Å². The van der Waals surface area contributed by atoms with Crippen molar-refractivity contribution in [3.05, 3.63) is 110 Å². The molecule has 0 radical (unpaired) electrons. The number of likely N-dealkylation sites (tertiary alicyclic amines) is 1. The molecule has 12 heteroatoms. The van der Waals surface area contributed by atoms with Crippen molar-refractivity contribution in [1.29, 1.82) is 5.26 Å². The highest BCUT2D eigenvalue weighted by Gasteiger charge is 2.30. The minimum absolute atomic E-state index is 0.126. The van der Waals surface area contributed by atoms with Gasteiger partial charge in [-0.3, -0.25) is 19.1 Å². The molecule has 11 nitrogen and oxygen atoms in total. The smallest absolute Gasteiger partial charge is 0.290 e. The van der Waals surface area contributed by atoms with Gasteiger partial charge in [-0.15, -0.1) is 0 Å². The van der Waals surface area contributed by atoms with E-state index >= 15 is 4.39 Å². The molecular formula is C38H38FN7O4. The lowest BCUT2D eigenvalue weighted by molar-refractivity contribution is -0.0712. The first-order chi connectivity index (χ1) is 24.1. The molecule has 0 saturated carbocycles. The summed E-state index contributed by atoms with van der Waals surface area (Å²) < 4.78 is 23.3. The number of pyridine rings is 2. The number of nitriles is 1. The molecule has 2 fully saturated rings. The second kappa shape index (κ2) is 13.2. The fraction of sp³-hybridized carbons (Fsp3) is 0.342. The molecule has 5 aromatic rings. The number of anilines is 2. The predicted molar refractivity (Wildman–Crippen MR) is 188 cm³/mol. The first kappa shape index (κ1) is 33.3. The molecule has 50 heavy (non-hydrogen) atoms. The van der Waals surface area contributed by atoms with Crippen LogP contribution in [0.3, 0.4) is 0 Å². The number of aromatic nitrogens is 4. The molecule has 0 bridgehead atoms. The van der Waals surface area contributed by atoms with Crippen LogP contribution in [0, 0.1) is 17.1 Å². The summed E-state index contributed by atoms with van der Waals surface area (Å²) in [6, 6.07) is 17.8. The van der Waals surface area contributed by atoms with Crippen LogP contribution in [0.2, 0.25) is 0 Å². The summed E-state index contributed by atoms with van der Waals surface area (Å²) >= 11 is 0. The Labute approximate surface area is 288 Å². The fourth-order valence-corrected chi connectivity index (χ4v) is 6.87. The highest BCUT2D eigenvalue weighted by Crippen LogP contribution is 2.32. The van der Waals surface area contributed by atoms with Crippen molar-refractivity contribution in [3.8, 4) is 23.0 Å². The van der Waals surface area contributed by atoms with Gasteiger partial charge in [-0.1, -0.05) is 18.2 Å². The molecule has 256 valence electrons. The molecule has 0 unspecified atom stereocenters. The largest absolute Gasteiger partial charge is 0.392 e. The van der Waals surface area contributed by atoms with Crippen LogP contribution >= 0.6 is 0 Å². The van der Waals surface area contributed by atoms with E-state index in [9.17, 15) is 20.0 Å². The number of aryl methyl sites for hydroxylation is 1. The minimum Gasteiger partial charge on any atom is -0.392 e. The Kier molecular flexibility index (Phi) is 8.82. The summed E-state index contributed by atoms with van der Waals surface area (Å²) in [7, 11) is 1.54. The van der Waals surface area contributed by atoms with Crippen LogP contribution in [0.25, 0.3) is 27.7 Å². The van der Waals surface area contributed by atoms with Gasteiger partial charge in [-0.2, -0.15) is 10.4 Å². The van der Waals surface area contributed by atoms with E-state index in [2.05, 4.69) is 32.4 Å². The predicted octanol–water partition coefficient (Wildman–Crippen LogP) is 4.90. The molecule has 0 aliphatic carbocycles. The van der Waals surface area contributed by atoms with Crippen molar-refractivity contribution in [2.75, 3.05) is 31.6 Å². The molecule has 2 N–H and O–H groups in total. The Hall–Kier alpha value is -5.22. The van der Waals surface area contributed by atoms with E-state index in [4.69, 9.17) is 4.74 Å². The zero-order valence-electron chi connectivity index (χ0n) is 28.2. The number of aliphatic hydroxyl groups excluding tert-OH is 1. The number of nitrogens with zero attached hydrogens (tertiary/aromatic N) is 6. The Balaban J connectivity index is 1.18. The number of nitrogens with one attached hydrogen (secondary N) is 1. The molecule has 7 rings (SSSR count). The van der Waals surface area contributed by atoms with Crippen molar-refractivity contribution in [3.63, 3.8) is 0 Å². The van der Waals surface area contributed by atoms with E-state index in [0.717, 1.165) is 39.1 Å². The molecule has 5 heterocycles. The second-order valence-corrected chi connectivity index (χ2v) is 13.6. The third-order valence-corrected chi connectivity index (χ3v) is 10.1. The first-order valence-corrected chi connectivity index (χ1v) is 16.7. The Morgan fingerprint density at radius 1 is 1.08 bits per heavy atom. The van der Waals surface area contributed by atoms with E-state index in [1.165, 1.54) is 34.1 Å². The maximum atomic E-state index is 15.4. The lowest BCUT2D eigenvalue weighted by atomic mass is 9.85. The van der Waals surface area contributed by atoms with Crippen LogP contribution in [-0.4, -0.2) is 61.7 Å². The maximum Gasteiger partial charge on any atom is 0.290 e. The monoisotopic (exact) mass is 675 g/mol. The highest BCUT2D eigenvalue weighted by atomic mass is 19.1. The van der Waals surface area contributed by atoms with Gasteiger partial charge in [0, 0.05) is 30.6 Å². The molecule has 2 saturated heterocycles. The van der Waals surface area contributed by atoms with Crippen molar-refractivity contribution in [2.45, 2.75) is 50.7 Å². The SMILES string of the molecule is Cn1nc(-c2cccc(-n3ccc4cc(C(C)(C)C#N)cc(F)c4c3=O)c2CO)cc(Nc2ccc(C3CCN(C4COC4)CC3)cn2)c1=O. The Bertz CT molecular complexity index is 2250. The summed E-state index contributed by atoms with van der Waals surface area (Å²) in [6.07, 6.45) is 5.51. The van der Waals surface area contributed by atoms with Crippen LogP contribution < -0.4 is 16.4 Å². The van der Waals surface area contributed by atoms with Gasteiger partial charge < -0.3 is 15.2 Å². The van der Waals surface area contributed by atoms with Gasteiger partial charge in [0.05, 0.1) is 54.1 Å². The lowest BCUT2D eigenvalue weighted by Gasteiger charge is -2.41. The summed E-state index contributed by atoms with van der Waals surface area (Å²) in [4.78, 5) is 34.0. The van der Waals surface area contributed by atoms with Crippen molar-refractivity contribution in [1.82, 2.24) is 24.2 Å². The topological polar surface area (TPSA) is 138 Å². The molecule has 2 aliphatic heterocycles. The molecule has 3 aromatic heterocycles. The Morgan fingerprint density at radius 3 is 2.52 bits per heavy atom. The molecular weight excluding hydrogens is 637 g/mol. The third kappa shape index (κ3) is 6.08. The van der Waals surface area contributed by atoms with Gasteiger partial charge in [-0.05, 0) is 98.6 Å². The fourth-order valence-electron chi connectivity index (χ4n) is 6.87. The summed E-state index contributed by atoms with van der Waals surface area (Å²) in [5.41, 5.74) is 1.53. The van der Waals surface area contributed by atoms with Crippen molar-refractivity contribution < 1.29 is 14.2 Å². The Morgan fingerprint density at radius 2 is 1.86 bits per heavy atom. The highest BCUT2D eigenvalue weighted by molar-refractivity contribution is 5.84. The van der Waals surface area contributed by atoms with Crippen LogP contribution in [0.15, 0.2) is 76.6 Å². The second-order valence-electron chi connectivity index (χ2n) is 13.6. The van der Waals surface area contributed by atoms with E-state index < -0.39 is 23.4 Å². The van der Waals surface area contributed by atoms with Crippen LogP contribution in [0.5, 0.6) is 0 Å². The first-order valence-electron chi connectivity index (χ1n) is 16.7. The molecule has 2 aliphatic rings. The minimum atomic E-state index is -0.943. The normalized spacial score (nSPS) is 15.9. The molecule has 0 spiro atoms. The van der Waals surface area contributed by atoms with Gasteiger partial charge in [-0.25, -0.2) is 14.1 Å². The van der Waals surface area contributed by atoms with Crippen LogP contribution in [0.4, 0.5) is 15.9 Å². The number of ether oxygens (including phenoxy) is 1. The zero-order chi connectivity index (χ0) is 35.2. The number of benzene rings is 2. The number of hydrogen-bond donors (Lipinski definition) is 2. The quantitative estimate of drug-likeness (QED) is 0.235. The van der Waals surface area contributed by atoms with Gasteiger partial charge in [0.25, 0.3) is 11.1 Å². The van der Waals surface area contributed by atoms with Crippen molar-refractivity contribution >= 4 is 22.3 Å². The summed E-state index contributed by atoms with van der Waals surface area (Å²) in [5.74, 6) is 0.205. The number of hydrogen-bond acceptors (Lipinski definition) is 9. The van der Waals surface area contributed by atoms with E-state index in [-0.39, 0.29) is 16.6 Å². The number of halogens is 1. The van der Waals surface area contributed by atoms with Gasteiger partial charge in [0.15, 0.2) is 0 Å². The lowest BCUT2D eigenvalue weighted by Crippen LogP contribution is -2.51. The molecule has 2 aromatic carbocycles. The molecule has 0 amide bonds. The molecule has 0 atom stereocenters. The average molecular weight is 676 g/mol. The van der Waals surface area contributed by atoms with Crippen LogP contribution in [-0.2, 0) is 23.8 Å². The van der Waals surface area contributed by atoms with Gasteiger partial charge >= 0.3 is 0 Å². The summed E-state index contributed by atoms with van der Waals surface area (Å²) in [5, 5.41) is 28.0. The third-order valence-electron chi connectivity index (χ3n) is 10.1. The van der Waals surface area contributed by atoms with Gasteiger partial charge in [0.2, 0.25) is 0 Å². The maximum absolute atomic E-state index is 15.4. The van der Waals surface area contributed by atoms with Crippen molar-refractivity contribution in [2.24, 2.45) is 7.05 Å². The van der Waals surface area contributed by atoms with Gasteiger partial charge in [0.1, 0.15) is 17.3 Å². The standard InChI is InChI=1S/C38H38FN7O4/c1-38(2,22-40)26-15-24-11-14-46(37(49)35(24)30(39)16-26)33-6-4-5-28(29(33)19-47)31-17-32(36(48)44(3)43-31)42-34-8-7-25(18-41-34)23-9-12-45(13-10-23)27-20-50-21-27/h4-8,11,14-18,23,27,47H,9-10,12-13,19-21H2,1-3H3,(H,41,42). The average Bonchev–Trinajstić information content (AvgIpc) is 3.09. The van der Waals surface area contributed by atoms with E-state index in [0.29, 0.717) is 51.2 Å². The number of piperidine rings is 1. The number of aliphatic hydroxyl groups is 1. The van der Waals surface area contributed by atoms with E-state index in [1.807, 2.05) is 12.3 Å². The number of fused-ring (bicyclic) bond motifs is 1. The summed E-state index contributed by atoms with van der Waals surface area (Å²) in [6.45, 7) is 6.65. The van der Waals surface area contributed by atoms with Crippen LogP contribution in [0.1, 0.15) is 49.3 Å².